The van der Waals surface area contributed by atoms with Gasteiger partial charge in [0, 0.05) is 7.05 Å². The largest absolute Gasteiger partial charge is 0.459 e. The van der Waals surface area contributed by atoms with Crippen LogP contribution in [0.25, 0.3) is 0 Å². The molecule has 0 spiro atoms. The first kappa shape index (κ1) is 26.5. The number of aromatic nitrogens is 3. The molecule has 1 heterocycles. The molecule has 0 saturated heterocycles. The van der Waals surface area contributed by atoms with Crippen molar-refractivity contribution in [2.45, 2.75) is 38.6 Å². The molecule has 12 nitrogen and oxygen atoms in total. The summed E-state index contributed by atoms with van der Waals surface area (Å²) in [7, 11) is 1.19. The van der Waals surface area contributed by atoms with Crippen LogP contribution in [0, 0.1) is 0 Å². The lowest BCUT2D eigenvalue weighted by Crippen LogP contribution is -2.54. The van der Waals surface area contributed by atoms with Crippen LogP contribution in [-0.2, 0) is 29.6 Å². The smallest absolute Gasteiger partial charge is 0.338 e. The van der Waals surface area contributed by atoms with Crippen molar-refractivity contribution in [3.63, 3.8) is 0 Å². The van der Waals surface area contributed by atoms with Gasteiger partial charge in [0.1, 0.15) is 19.3 Å². The zero-order valence-corrected chi connectivity index (χ0v) is 18.9. The Balaban J connectivity index is 2.07. The molecule has 0 bridgehead atoms. The minimum Gasteiger partial charge on any atom is -0.459 e. The maximum Gasteiger partial charge on any atom is 0.338 e. The number of hydrogen-bond donors (Lipinski definition) is 2. The number of rotatable bonds is 11. The normalized spacial score (nSPS) is 12.6. The van der Waals surface area contributed by atoms with E-state index in [0.717, 1.165) is 4.57 Å². The lowest BCUT2D eigenvalue weighted by Gasteiger charge is -2.15. The second-order valence-corrected chi connectivity index (χ2v) is 7.41. The number of esters is 2. The van der Waals surface area contributed by atoms with Crippen molar-refractivity contribution >= 4 is 11.9 Å². The molecule has 1 aromatic carbocycles. The lowest BCUT2D eigenvalue weighted by atomic mass is 10.1. The number of ether oxygens (including phenoxy) is 2. The second kappa shape index (κ2) is 11.9. The predicted octanol–water partition coefficient (Wildman–Crippen LogP) is -0.960. The number of allylic oxidation sites excluding steroid dienone is 1. The summed E-state index contributed by atoms with van der Waals surface area (Å²) in [6.45, 7) is 3.78. The molecule has 34 heavy (non-hydrogen) atoms. The van der Waals surface area contributed by atoms with E-state index >= 15 is 0 Å². The number of benzene rings is 1. The Bertz CT molecular complexity index is 1230. The van der Waals surface area contributed by atoms with Gasteiger partial charge < -0.3 is 19.7 Å². The first-order valence-electron chi connectivity index (χ1n) is 10.4. The predicted molar refractivity (Wildman–Crippen MR) is 120 cm³/mol. The quantitative estimate of drug-likeness (QED) is 0.307. The molecule has 2 atom stereocenters. The third-order valence-corrected chi connectivity index (χ3v) is 4.82. The van der Waals surface area contributed by atoms with E-state index in [1.165, 1.54) is 37.4 Å². The van der Waals surface area contributed by atoms with Crippen molar-refractivity contribution in [3.8, 4) is 0 Å². The maximum atomic E-state index is 12.5. The van der Waals surface area contributed by atoms with E-state index in [0.29, 0.717) is 15.6 Å². The lowest BCUT2D eigenvalue weighted by molar-refractivity contribution is 0.0207. The Morgan fingerprint density at radius 2 is 1.50 bits per heavy atom. The molecule has 2 N–H and O–H groups in total. The molecule has 0 saturated carbocycles. The van der Waals surface area contributed by atoms with Crippen LogP contribution in [0.4, 0.5) is 0 Å². The molecule has 0 amide bonds. The topological polar surface area (TPSA) is 159 Å². The van der Waals surface area contributed by atoms with Crippen molar-refractivity contribution in [1.29, 1.82) is 0 Å². The highest BCUT2D eigenvalue weighted by Gasteiger charge is 2.18. The highest BCUT2D eigenvalue weighted by molar-refractivity contribution is 5.95. The van der Waals surface area contributed by atoms with Crippen LogP contribution in [0.1, 0.15) is 34.1 Å². The van der Waals surface area contributed by atoms with Crippen molar-refractivity contribution < 1.29 is 29.3 Å². The molecule has 184 valence electrons. The van der Waals surface area contributed by atoms with Gasteiger partial charge in [-0.05, 0) is 24.6 Å². The average Bonchev–Trinajstić information content (AvgIpc) is 2.84. The summed E-state index contributed by atoms with van der Waals surface area (Å²) in [5, 5.41) is 19.7. The van der Waals surface area contributed by atoms with E-state index < -0.39 is 54.4 Å². The number of aliphatic hydroxyl groups is 2. The fraction of sp³-hybridized carbons (Fsp3) is 0.409. The van der Waals surface area contributed by atoms with Crippen LogP contribution >= 0.6 is 0 Å². The van der Waals surface area contributed by atoms with Gasteiger partial charge in [-0.2, -0.15) is 0 Å². The van der Waals surface area contributed by atoms with Gasteiger partial charge in [0.15, 0.2) is 0 Å². The minimum atomic E-state index is -1.44. The molecular formula is C22H27N3O9. The second-order valence-electron chi connectivity index (χ2n) is 7.41. The Hall–Kier alpha value is -3.77. The first-order valence-corrected chi connectivity index (χ1v) is 10.4. The van der Waals surface area contributed by atoms with Crippen molar-refractivity contribution in [3.05, 3.63) is 79.5 Å². The van der Waals surface area contributed by atoms with E-state index in [1.54, 1.807) is 6.92 Å². The minimum absolute atomic E-state index is 0.00491. The number of aliphatic hydroxyl groups excluding tert-OH is 2. The number of carbonyl (C=O) groups excluding carboxylic acids is 2. The molecule has 12 heteroatoms. The van der Waals surface area contributed by atoms with Crippen LogP contribution in [0.5, 0.6) is 0 Å². The van der Waals surface area contributed by atoms with Gasteiger partial charge in [-0.15, -0.1) is 6.58 Å². The average molecular weight is 477 g/mol. The van der Waals surface area contributed by atoms with Gasteiger partial charge in [-0.25, -0.2) is 37.7 Å². The molecule has 0 fully saturated rings. The van der Waals surface area contributed by atoms with E-state index in [2.05, 4.69) is 6.58 Å². The molecule has 0 aliphatic rings. The molecule has 1 aromatic heterocycles. The maximum absolute atomic E-state index is 12.5. The van der Waals surface area contributed by atoms with Crippen LogP contribution in [0.15, 0.2) is 51.3 Å². The Morgan fingerprint density at radius 1 is 0.971 bits per heavy atom. The zero-order valence-electron chi connectivity index (χ0n) is 18.9. The highest BCUT2D eigenvalue weighted by Crippen LogP contribution is 2.09. The van der Waals surface area contributed by atoms with Gasteiger partial charge in [0.2, 0.25) is 0 Å². The molecule has 2 rings (SSSR count). The van der Waals surface area contributed by atoms with Crippen LogP contribution < -0.4 is 17.1 Å². The van der Waals surface area contributed by atoms with Gasteiger partial charge in [0.25, 0.3) is 0 Å². The van der Waals surface area contributed by atoms with Crippen LogP contribution in [0.3, 0.4) is 0 Å². The molecule has 2 aromatic rings. The van der Waals surface area contributed by atoms with Gasteiger partial charge >= 0.3 is 29.0 Å². The summed E-state index contributed by atoms with van der Waals surface area (Å²) >= 11 is 0. The molecule has 0 radical (unpaired) electrons. The Morgan fingerprint density at radius 3 is 2.03 bits per heavy atom. The Labute approximate surface area is 193 Å². The van der Waals surface area contributed by atoms with E-state index in [9.17, 15) is 34.2 Å². The fourth-order valence-electron chi connectivity index (χ4n) is 2.86. The van der Waals surface area contributed by atoms with Gasteiger partial charge in [-0.1, -0.05) is 19.1 Å². The molecule has 1 unspecified atom stereocenters. The van der Waals surface area contributed by atoms with Crippen LogP contribution in [-0.4, -0.2) is 61.3 Å². The molecule has 0 aliphatic heterocycles. The zero-order chi connectivity index (χ0) is 25.4. The summed E-state index contributed by atoms with van der Waals surface area (Å²) in [6.07, 6.45) is -0.507. The summed E-state index contributed by atoms with van der Waals surface area (Å²) in [5.74, 6) is -1.59. The number of nitrogens with zero attached hydrogens (tertiary/aromatic N) is 3. The molecule has 0 aliphatic carbocycles. The highest BCUT2D eigenvalue weighted by atomic mass is 16.5. The SMILES string of the molecule is C=CCn1c(=O)n(C)c(=O)n(C[C@H](O)COC(=O)c2cccc(C(=O)OCC(O)CC)c2)c1=O. The van der Waals surface area contributed by atoms with E-state index in [-0.39, 0.29) is 24.3 Å². The first-order chi connectivity index (χ1) is 16.1. The summed E-state index contributed by atoms with van der Waals surface area (Å²) < 4.78 is 12.2. The van der Waals surface area contributed by atoms with Gasteiger partial charge in [0.05, 0.1) is 30.3 Å². The summed E-state index contributed by atoms with van der Waals surface area (Å²) in [4.78, 5) is 61.2. The standard InChI is InChI=1S/C22H27N3O9/c1-4-9-24-20(30)23(3)21(31)25(22(24)32)11-17(27)13-34-19(29)15-8-6-7-14(10-15)18(28)33-12-16(26)5-2/h4,6-8,10,16-17,26-27H,1,5,9,11-13H2,2-3H3/t16?,17-/m0/s1. The number of carbonyl (C=O) groups is 2. The fourth-order valence-corrected chi connectivity index (χ4v) is 2.86. The van der Waals surface area contributed by atoms with Crippen molar-refractivity contribution in [1.82, 2.24) is 13.7 Å². The van der Waals surface area contributed by atoms with E-state index in [1.807, 2.05) is 0 Å². The van der Waals surface area contributed by atoms with E-state index in [4.69, 9.17) is 9.47 Å². The molecular weight excluding hydrogens is 450 g/mol. The van der Waals surface area contributed by atoms with Crippen molar-refractivity contribution in [2.24, 2.45) is 7.05 Å². The summed E-state index contributed by atoms with van der Waals surface area (Å²) in [5.41, 5.74) is -2.62. The Kier molecular flexibility index (Phi) is 9.27. The van der Waals surface area contributed by atoms with Crippen molar-refractivity contribution in [2.75, 3.05) is 13.2 Å². The third-order valence-electron chi connectivity index (χ3n) is 4.82. The summed E-state index contributed by atoms with van der Waals surface area (Å²) in [6, 6.07) is 5.48. The third kappa shape index (κ3) is 6.39. The van der Waals surface area contributed by atoms with Gasteiger partial charge in [-0.3, -0.25) is 0 Å². The number of hydrogen-bond acceptors (Lipinski definition) is 9. The van der Waals surface area contributed by atoms with Crippen LogP contribution in [0.2, 0.25) is 0 Å². The monoisotopic (exact) mass is 477 g/mol.